The van der Waals surface area contributed by atoms with E-state index in [1.165, 1.54) is 4.57 Å². The molecule has 4 nitrogen and oxygen atoms in total. The monoisotopic (exact) mass is 375 g/mol. The van der Waals surface area contributed by atoms with Crippen LogP contribution >= 0.6 is 0 Å². The van der Waals surface area contributed by atoms with Gasteiger partial charge in [0.15, 0.2) is 5.82 Å². The summed E-state index contributed by atoms with van der Waals surface area (Å²) >= 11 is 0. The lowest BCUT2D eigenvalue weighted by atomic mass is 9.88. The SMILES string of the molecule is CC(C)(CC(=O)Nc1nc2cc(F)cc(F)c2n1C1CCC1)C(F)(F)F. The zero-order valence-electron chi connectivity index (χ0n) is 14.3. The summed E-state index contributed by atoms with van der Waals surface area (Å²) in [5.74, 6) is -2.58. The van der Waals surface area contributed by atoms with Crippen molar-refractivity contribution in [2.75, 3.05) is 5.32 Å². The van der Waals surface area contributed by atoms with Crippen LogP contribution in [0.5, 0.6) is 0 Å². The summed E-state index contributed by atoms with van der Waals surface area (Å²) in [6.07, 6.45) is -3.01. The van der Waals surface area contributed by atoms with Gasteiger partial charge in [0.1, 0.15) is 11.3 Å². The second-order valence-corrected chi connectivity index (χ2v) is 7.25. The lowest BCUT2D eigenvalue weighted by Crippen LogP contribution is -2.36. The summed E-state index contributed by atoms with van der Waals surface area (Å²) in [6.45, 7) is 1.85. The summed E-state index contributed by atoms with van der Waals surface area (Å²) in [4.78, 5) is 16.2. The van der Waals surface area contributed by atoms with Crippen molar-refractivity contribution < 1.29 is 26.7 Å². The number of nitrogens with zero attached hydrogens (tertiary/aromatic N) is 2. The lowest BCUT2D eigenvalue weighted by Gasteiger charge is -2.30. The van der Waals surface area contributed by atoms with Crippen LogP contribution in [0.15, 0.2) is 12.1 Å². The Labute approximate surface area is 146 Å². The predicted octanol–water partition coefficient (Wildman–Crippen LogP) is 4.96. The van der Waals surface area contributed by atoms with Crippen LogP contribution in [-0.4, -0.2) is 21.6 Å². The van der Waals surface area contributed by atoms with E-state index in [4.69, 9.17) is 0 Å². The molecule has 1 aliphatic carbocycles. The maximum Gasteiger partial charge on any atom is 0.394 e. The third-order valence-corrected chi connectivity index (χ3v) is 4.76. The highest BCUT2D eigenvalue weighted by atomic mass is 19.4. The number of carbonyl (C=O) groups excluding carboxylic acids is 1. The van der Waals surface area contributed by atoms with Gasteiger partial charge in [-0.25, -0.2) is 13.8 Å². The average molecular weight is 375 g/mol. The van der Waals surface area contributed by atoms with E-state index in [1.807, 2.05) is 0 Å². The number of nitrogens with one attached hydrogen (secondary N) is 1. The second-order valence-electron chi connectivity index (χ2n) is 7.25. The molecule has 142 valence electrons. The van der Waals surface area contributed by atoms with Crippen molar-refractivity contribution in [3.8, 4) is 0 Å². The van der Waals surface area contributed by atoms with Crippen molar-refractivity contribution in [2.45, 2.75) is 51.7 Å². The third-order valence-electron chi connectivity index (χ3n) is 4.76. The van der Waals surface area contributed by atoms with Gasteiger partial charge in [0, 0.05) is 24.6 Å². The highest BCUT2D eigenvalue weighted by molar-refractivity contribution is 5.92. The fourth-order valence-corrected chi connectivity index (χ4v) is 2.91. The molecule has 2 aromatic rings. The number of alkyl halides is 3. The number of fused-ring (bicyclic) bond motifs is 1. The first-order chi connectivity index (χ1) is 12.0. The van der Waals surface area contributed by atoms with Gasteiger partial charge in [-0.05, 0) is 19.3 Å². The molecule has 1 amide bonds. The van der Waals surface area contributed by atoms with Gasteiger partial charge < -0.3 is 4.57 Å². The Morgan fingerprint density at radius 3 is 2.46 bits per heavy atom. The van der Waals surface area contributed by atoms with Gasteiger partial charge in [-0.1, -0.05) is 13.8 Å². The van der Waals surface area contributed by atoms with Crippen LogP contribution in [-0.2, 0) is 4.79 Å². The molecule has 26 heavy (non-hydrogen) atoms. The fourth-order valence-electron chi connectivity index (χ4n) is 2.91. The van der Waals surface area contributed by atoms with E-state index in [9.17, 15) is 26.7 Å². The largest absolute Gasteiger partial charge is 0.394 e. The molecule has 0 spiro atoms. The van der Waals surface area contributed by atoms with Gasteiger partial charge in [0.05, 0.1) is 10.9 Å². The smallest absolute Gasteiger partial charge is 0.304 e. The van der Waals surface area contributed by atoms with Crippen molar-refractivity contribution in [1.82, 2.24) is 9.55 Å². The number of benzene rings is 1. The molecule has 0 atom stereocenters. The quantitative estimate of drug-likeness (QED) is 0.768. The molecule has 0 unspecified atom stereocenters. The van der Waals surface area contributed by atoms with Crippen LogP contribution in [0.3, 0.4) is 0 Å². The number of aromatic nitrogens is 2. The zero-order valence-corrected chi connectivity index (χ0v) is 14.3. The first kappa shape index (κ1) is 18.6. The molecular formula is C17H18F5N3O. The van der Waals surface area contributed by atoms with Gasteiger partial charge in [-0.2, -0.15) is 13.2 Å². The molecule has 3 rings (SSSR count). The Morgan fingerprint density at radius 1 is 1.27 bits per heavy atom. The molecule has 1 aliphatic rings. The number of imidazole rings is 1. The Bertz CT molecular complexity index is 852. The number of rotatable bonds is 4. The van der Waals surface area contributed by atoms with E-state index in [0.29, 0.717) is 0 Å². The predicted molar refractivity (Wildman–Crippen MR) is 85.6 cm³/mol. The average Bonchev–Trinajstić information content (AvgIpc) is 2.72. The first-order valence-electron chi connectivity index (χ1n) is 8.23. The number of amides is 1. The summed E-state index contributed by atoms with van der Waals surface area (Å²) in [6, 6.07) is 1.62. The summed E-state index contributed by atoms with van der Waals surface area (Å²) < 4.78 is 68.1. The number of hydrogen-bond donors (Lipinski definition) is 1. The zero-order chi connectivity index (χ0) is 19.3. The molecule has 0 bridgehead atoms. The highest BCUT2D eigenvalue weighted by Crippen LogP contribution is 2.41. The van der Waals surface area contributed by atoms with Crippen molar-refractivity contribution in [2.24, 2.45) is 5.41 Å². The van der Waals surface area contributed by atoms with Crippen LogP contribution in [0, 0.1) is 17.0 Å². The minimum Gasteiger partial charge on any atom is -0.304 e. The first-order valence-corrected chi connectivity index (χ1v) is 8.23. The number of carbonyl (C=O) groups is 1. The number of hydrogen-bond acceptors (Lipinski definition) is 2. The van der Waals surface area contributed by atoms with Gasteiger partial charge in [-0.3, -0.25) is 10.1 Å². The normalized spacial score (nSPS) is 16.0. The van der Waals surface area contributed by atoms with Gasteiger partial charge in [0.25, 0.3) is 0 Å². The lowest BCUT2D eigenvalue weighted by molar-refractivity contribution is -0.213. The van der Waals surface area contributed by atoms with Crippen molar-refractivity contribution in [3.63, 3.8) is 0 Å². The van der Waals surface area contributed by atoms with E-state index < -0.39 is 35.6 Å². The molecule has 0 radical (unpaired) electrons. The second kappa shape index (κ2) is 6.21. The summed E-state index contributed by atoms with van der Waals surface area (Å²) in [7, 11) is 0. The van der Waals surface area contributed by atoms with Crippen LogP contribution in [0.4, 0.5) is 27.9 Å². The van der Waals surface area contributed by atoms with Crippen LogP contribution in [0.25, 0.3) is 11.0 Å². The minimum absolute atomic E-state index is 0.0137. The van der Waals surface area contributed by atoms with Gasteiger partial charge in [0.2, 0.25) is 11.9 Å². The molecule has 1 aromatic heterocycles. The Balaban J connectivity index is 1.95. The van der Waals surface area contributed by atoms with Crippen LogP contribution in [0.1, 0.15) is 45.6 Å². The Hall–Kier alpha value is -2.19. The molecule has 0 saturated heterocycles. The van der Waals surface area contributed by atoms with E-state index in [1.54, 1.807) is 0 Å². The molecule has 1 fully saturated rings. The maximum atomic E-state index is 14.2. The molecular weight excluding hydrogens is 357 g/mol. The standard InChI is InChI=1S/C17H18F5N3O/c1-16(2,17(20,21)22)8-13(26)24-15-23-12-7-9(18)6-11(19)14(12)25(15)10-4-3-5-10/h6-7,10H,3-5,8H2,1-2H3,(H,23,24,26). The third kappa shape index (κ3) is 3.26. The Morgan fingerprint density at radius 2 is 1.92 bits per heavy atom. The molecule has 1 aromatic carbocycles. The highest BCUT2D eigenvalue weighted by Gasteiger charge is 2.48. The van der Waals surface area contributed by atoms with E-state index in [-0.39, 0.29) is 23.0 Å². The van der Waals surface area contributed by atoms with E-state index >= 15 is 0 Å². The van der Waals surface area contributed by atoms with Crippen LogP contribution < -0.4 is 5.32 Å². The minimum atomic E-state index is -4.55. The van der Waals surface area contributed by atoms with Gasteiger partial charge in [-0.15, -0.1) is 0 Å². The number of halogens is 5. The summed E-state index contributed by atoms with van der Waals surface area (Å²) in [5, 5.41) is 2.35. The van der Waals surface area contributed by atoms with Gasteiger partial charge >= 0.3 is 6.18 Å². The van der Waals surface area contributed by atoms with Crippen molar-refractivity contribution >= 4 is 22.9 Å². The molecule has 9 heteroatoms. The Kier molecular flexibility index (Phi) is 4.44. The molecule has 1 N–H and O–H groups in total. The van der Waals surface area contributed by atoms with E-state index in [0.717, 1.165) is 45.2 Å². The van der Waals surface area contributed by atoms with Crippen LogP contribution in [0.2, 0.25) is 0 Å². The topological polar surface area (TPSA) is 46.9 Å². The number of anilines is 1. The fraction of sp³-hybridized carbons (Fsp3) is 0.529. The maximum absolute atomic E-state index is 14.2. The summed E-state index contributed by atoms with van der Waals surface area (Å²) in [5.41, 5.74) is -2.16. The van der Waals surface area contributed by atoms with Crippen molar-refractivity contribution in [3.05, 3.63) is 23.8 Å². The van der Waals surface area contributed by atoms with E-state index in [2.05, 4.69) is 10.3 Å². The molecule has 0 aliphatic heterocycles. The molecule has 1 heterocycles. The molecule has 1 saturated carbocycles. The van der Waals surface area contributed by atoms with Crippen molar-refractivity contribution in [1.29, 1.82) is 0 Å².